The molecular formula is C19H27N5O4. The highest BCUT2D eigenvalue weighted by Crippen LogP contribution is 2.24. The number of rotatable bonds is 9. The average Bonchev–Trinajstić information content (AvgIpc) is 2.67. The van der Waals surface area contributed by atoms with Crippen LogP contribution in [0, 0.1) is 5.92 Å². The highest BCUT2D eigenvalue weighted by molar-refractivity contribution is 5.70. The lowest BCUT2D eigenvalue weighted by Crippen LogP contribution is -2.26. The second kappa shape index (κ2) is 11.1. The van der Waals surface area contributed by atoms with E-state index >= 15 is 0 Å². The SMILES string of the molecule is CN=NCCn1ccc(=O)c(CC2=CC(NC(=O)OCCOC)=CCC2C)n1. The molecule has 9 nitrogen and oxygen atoms in total. The van der Waals surface area contributed by atoms with Crippen LogP contribution in [0.15, 0.2) is 50.7 Å². The Balaban J connectivity index is 2.06. The maximum Gasteiger partial charge on any atom is 0.411 e. The van der Waals surface area contributed by atoms with Gasteiger partial charge in [0.15, 0.2) is 0 Å². The second-order valence-corrected chi connectivity index (χ2v) is 6.40. The molecule has 0 saturated carbocycles. The Morgan fingerprint density at radius 2 is 2.25 bits per heavy atom. The standard InChI is InChI=1S/C19H27N5O4/c1-14-4-5-16(22-19(26)28-11-10-27-3)12-15(14)13-17-18(25)6-8-24(23-17)9-7-21-20-2/h5-6,8,12,14H,4,7,9-11,13H2,1-3H3,(H,22,26). The zero-order valence-corrected chi connectivity index (χ0v) is 16.6. The lowest BCUT2D eigenvalue weighted by Gasteiger charge is -2.20. The van der Waals surface area contributed by atoms with Crippen molar-refractivity contribution < 1.29 is 14.3 Å². The number of hydrogen-bond acceptors (Lipinski definition) is 7. The molecule has 28 heavy (non-hydrogen) atoms. The summed E-state index contributed by atoms with van der Waals surface area (Å²) in [7, 11) is 3.16. The van der Waals surface area contributed by atoms with Crippen LogP contribution in [0.5, 0.6) is 0 Å². The molecule has 0 saturated heterocycles. The Labute approximate surface area is 164 Å². The molecule has 2 rings (SSSR count). The molecule has 0 aromatic carbocycles. The van der Waals surface area contributed by atoms with Crippen molar-refractivity contribution in [3.63, 3.8) is 0 Å². The molecule has 1 aromatic rings. The van der Waals surface area contributed by atoms with Crippen LogP contribution in [0.25, 0.3) is 0 Å². The first kappa shape index (κ1) is 21.5. The van der Waals surface area contributed by atoms with Gasteiger partial charge in [-0.3, -0.25) is 14.8 Å². The Kier molecular flexibility index (Phi) is 8.54. The van der Waals surface area contributed by atoms with Crippen molar-refractivity contribution in [2.24, 2.45) is 16.1 Å². The first-order valence-electron chi connectivity index (χ1n) is 9.19. The lowest BCUT2D eigenvalue weighted by molar-refractivity contribution is 0.100. The van der Waals surface area contributed by atoms with E-state index in [1.807, 2.05) is 12.2 Å². The highest BCUT2D eigenvalue weighted by atomic mass is 16.6. The van der Waals surface area contributed by atoms with Crippen LogP contribution < -0.4 is 10.7 Å². The molecule has 0 radical (unpaired) electrons. The number of nitrogens with one attached hydrogen (secondary N) is 1. The summed E-state index contributed by atoms with van der Waals surface area (Å²) in [4.78, 5) is 24.0. The fourth-order valence-corrected chi connectivity index (χ4v) is 2.72. The first-order chi connectivity index (χ1) is 13.5. The van der Waals surface area contributed by atoms with Gasteiger partial charge >= 0.3 is 6.09 Å². The van der Waals surface area contributed by atoms with Gasteiger partial charge in [0.25, 0.3) is 0 Å². The molecule has 1 N–H and O–H groups in total. The number of methoxy groups -OCH3 is 1. The molecule has 1 heterocycles. The van der Waals surface area contributed by atoms with Gasteiger partial charge in [0.1, 0.15) is 12.3 Å². The number of allylic oxidation sites excluding steroid dienone is 3. The molecular weight excluding hydrogens is 362 g/mol. The van der Waals surface area contributed by atoms with Crippen LogP contribution in [-0.4, -0.2) is 49.8 Å². The number of hydrogen-bond donors (Lipinski definition) is 1. The fourth-order valence-electron chi connectivity index (χ4n) is 2.72. The van der Waals surface area contributed by atoms with Gasteiger partial charge in [-0.2, -0.15) is 15.3 Å². The molecule has 0 bridgehead atoms. The highest BCUT2D eigenvalue weighted by Gasteiger charge is 2.17. The number of nitrogens with zero attached hydrogens (tertiary/aromatic N) is 4. The van der Waals surface area contributed by atoms with Crippen LogP contribution in [-0.2, 0) is 22.4 Å². The van der Waals surface area contributed by atoms with Crippen LogP contribution in [0.1, 0.15) is 19.0 Å². The largest absolute Gasteiger partial charge is 0.447 e. The van der Waals surface area contributed by atoms with Crippen LogP contribution in [0.4, 0.5) is 4.79 Å². The normalized spacial score (nSPS) is 16.6. The average molecular weight is 389 g/mol. The molecule has 0 fully saturated rings. The molecule has 152 valence electrons. The van der Waals surface area contributed by atoms with Crippen molar-refractivity contribution in [1.29, 1.82) is 0 Å². The number of aromatic nitrogens is 2. The minimum atomic E-state index is -0.529. The molecule has 1 unspecified atom stereocenters. The van der Waals surface area contributed by atoms with Crippen molar-refractivity contribution in [3.8, 4) is 0 Å². The second-order valence-electron chi connectivity index (χ2n) is 6.40. The molecule has 1 aliphatic carbocycles. The first-order valence-corrected chi connectivity index (χ1v) is 9.19. The summed E-state index contributed by atoms with van der Waals surface area (Å²) in [5, 5.41) is 14.8. The Bertz CT molecular complexity index is 813. The zero-order valence-electron chi connectivity index (χ0n) is 16.6. The van der Waals surface area contributed by atoms with E-state index in [0.29, 0.717) is 37.5 Å². The predicted octanol–water partition coefficient (Wildman–Crippen LogP) is 2.09. The molecule has 0 spiro atoms. The third kappa shape index (κ3) is 6.73. The van der Waals surface area contributed by atoms with Gasteiger partial charge < -0.3 is 9.47 Å². The van der Waals surface area contributed by atoms with Gasteiger partial charge in [0.05, 0.1) is 19.7 Å². The van der Waals surface area contributed by atoms with Crippen molar-refractivity contribution >= 4 is 6.09 Å². The quantitative estimate of drug-likeness (QED) is 0.514. The van der Waals surface area contributed by atoms with Crippen molar-refractivity contribution in [2.75, 3.05) is 33.9 Å². The molecule has 9 heteroatoms. The van der Waals surface area contributed by atoms with E-state index in [1.165, 1.54) is 6.07 Å². The van der Waals surface area contributed by atoms with Crippen molar-refractivity contribution in [2.45, 2.75) is 26.3 Å². The van der Waals surface area contributed by atoms with Crippen LogP contribution >= 0.6 is 0 Å². The van der Waals surface area contributed by atoms with Crippen LogP contribution in [0.3, 0.4) is 0 Å². The van der Waals surface area contributed by atoms with E-state index < -0.39 is 6.09 Å². The molecule has 1 amide bonds. The van der Waals surface area contributed by atoms with E-state index in [2.05, 4.69) is 27.6 Å². The van der Waals surface area contributed by atoms with Gasteiger partial charge in [-0.15, -0.1) is 0 Å². The summed E-state index contributed by atoms with van der Waals surface area (Å²) in [6, 6.07) is 1.52. The summed E-state index contributed by atoms with van der Waals surface area (Å²) in [5.74, 6) is 0.249. The van der Waals surface area contributed by atoms with Gasteiger partial charge in [0.2, 0.25) is 5.43 Å². The fraction of sp³-hybridized carbons (Fsp3) is 0.526. The lowest BCUT2D eigenvalue weighted by atomic mass is 9.89. The van der Waals surface area contributed by atoms with E-state index in [4.69, 9.17) is 9.47 Å². The summed E-state index contributed by atoms with van der Waals surface area (Å²) < 4.78 is 11.6. The number of azo groups is 1. The minimum absolute atomic E-state index is 0.107. The summed E-state index contributed by atoms with van der Waals surface area (Å²) in [5.41, 5.74) is 2.06. The van der Waals surface area contributed by atoms with Gasteiger partial charge in [0, 0.05) is 38.5 Å². The summed E-state index contributed by atoms with van der Waals surface area (Å²) >= 11 is 0. The van der Waals surface area contributed by atoms with Crippen molar-refractivity contribution in [3.05, 3.63) is 51.6 Å². The van der Waals surface area contributed by atoms with Crippen LogP contribution in [0.2, 0.25) is 0 Å². The van der Waals surface area contributed by atoms with Gasteiger partial charge in [-0.25, -0.2) is 4.79 Å². The summed E-state index contributed by atoms with van der Waals surface area (Å²) in [6.07, 6.45) is 6.14. The Morgan fingerprint density at radius 1 is 1.43 bits per heavy atom. The minimum Gasteiger partial charge on any atom is -0.447 e. The summed E-state index contributed by atoms with van der Waals surface area (Å²) in [6.45, 7) is 3.68. The molecule has 1 aromatic heterocycles. The molecule has 1 atom stereocenters. The maximum absolute atomic E-state index is 12.2. The number of ether oxygens (including phenoxy) is 2. The number of alkyl carbamates (subject to hydrolysis) is 1. The van der Waals surface area contributed by atoms with E-state index in [1.54, 1.807) is 25.0 Å². The number of carbonyl (C=O) groups excluding carboxylic acids is 1. The van der Waals surface area contributed by atoms with Crippen molar-refractivity contribution in [1.82, 2.24) is 15.1 Å². The topological polar surface area (TPSA) is 107 Å². The monoisotopic (exact) mass is 389 g/mol. The Hall–Kier alpha value is -2.81. The molecule has 0 aliphatic heterocycles. The van der Waals surface area contributed by atoms with E-state index in [-0.39, 0.29) is 18.0 Å². The maximum atomic E-state index is 12.2. The Morgan fingerprint density at radius 3 is 3.00 bits per heavy atom. The predicted molar refractivity (Wildman–Crippen MR) is 104 cm³/mol. The van der Waals surface area contributed by atoms with Gasteiger partial charge in [-0.1, -0.05) is 18.6 Å². The third-order valence-electron chi connectivity index (χ3n) is 4.31. The smallest absolute Gasteiger partial charge is 0.411 e. The third-order valence-corrected chi connectivity index (χ3v) is 4.31. The number of amides is 1. The van der Waals surface area contributed by atoms with Gasteiger partial charge in [-0.05, 0) is 18.4 Å². The van der Waals surface area contributed by atoms with E-state index in [9.17, 15) is 9.59 Å². The number of carbonyl (C=O) groups is 1. The van der Waals surface area contributed by atoms with E-state index in [0.717, 1.165) is 12.0 Å². The molecule has 1 aliphatic rings. The zero-order chi connectivity index (χ0) is 20.4.